The van der Waals surface area contributed by atoms with Gasteiger partial charge in [0.15, 0.2) is 0 Å². The molecule has 0 aromatic heterocycles. The normalized spacial score (nSPS) is 17.1. The monoisotopic (exact) mass is 206 g/mol. The lowest BCUT2D eigenvalue weighted by atomic mass is 10.0. The van der Waals surface area contributed by atoms with Crippen molar-refractivity contribution < 1.29 is 5.11 Å². The molecule has 1 aromatic rings. The highest BCUT2D eigenvalue weighted by Gasteiger charge is 2.13. The Balaban J connectivity index is 2.19. The van der Waals surface area contributed by atoms with Crippen molar-refractivity contribution in [1.29, 1.82) is 0 Å². The molecule has 1 aliphatic rings. The molecule has 1 aromatic carbocycles. The lowest BCUT2D eigenvalue weighted by molar-refractivity contribution is 0.192. The zero-order valence-corrected chi connectivity index (χ0v) is 8.95. The molecule has 0 saturated heterocycles. The summed E-state index contributed by atoms with van der Waals surface area (Å²) in [6.07, 6.45) is 2.29. The van der Waals surface area contributed by atoms with Gasteiger partial charge in [-0.1, -0.05) is 6.07 Å². The van der Waals surface area contributed by atoms with Crippen molar-refractivity contribution in [3.8, 4) is 0 Å². The van der Waals surface area contributed by atoms with Gasteiger partial charge in [-0.2, -0.15) is 0 Å². The molecule has 0 spiro atoms. The lowest BCUT2D eigenvalue weighted by Crippen LogP contribution is -2.26. The molecule has 0 unspecified atom stereocenters. The Hall–Kier alpha value is -1.06. The fraction of sp³-hybridized carbons (Fsp3) is 0.500. The van der Waals surface area contributed by atoms with Gasteiger partial charge < -0.3 is 10.8 Å². The molecule has 1 heterocycles. The minimum atomic E-state index is 0.234. The first-order valence-electron chi connectivity index (χ1n) is 5.50. The maximum absolute atomic E-state index is 8.95. The fourth-order valence-corrected chi connectivity index (χ4v) is 2.18. The van der Waals surface area contributed by atoms with Crippen molar-refractivity contribution in [2.75, 3.05) is 25.4 Å². The number of β-amino-alcohol motifs (C(OH)–C–C–N with tert-alkyl or cyclic N) is 1. The Morgan fingerprint density at radius 3 is 3.00 bits per heavy atom. The molecule has 2 rings (SSSR count). The first kappa shape index (κ1) is 10.5. The molecule has 3 N–H and O–H groups in total. The summed E-state index contributed by atoms with van der Waals surface area (Å²) in [4.78, 5) is 2.28. The quantitative estimate of drug-likeness (QED) is 0.710. The number of aryl methyl sites for hydroxylation is 1. The van der Waals surface area contributed by atoms with E-state index in [4.69, 9.17) is 10.8 Å². The van der Waals surface area contributed by atoms with Crippen LogP contribution in [-0.2, 0) is 13.0 Å². The number of anilines is 1. The Labute approximate surface area is 90.5 Å². The highest BCUT2D eigenvalue weighted by molar-refractivity contribution is 5.45. The number of hydrogen-bond acceptors (Lipinski definition) is 3. The van der Waals surface area contributed by atoms with Crippen molar-refractivity contribution in [3.05, 3.63) is 29.3 Å². The van der Waals surface area contributed by atoms with Crippen LogP contribution in [0.15, 0.2) is 18.2 Å². The van der Waals surface area contributed by atoms with Crippen LogP contribution in [0.25, 0.3) is 0 Å². The van der Waals surface area contributed by atoms with E-state index >= 15 is 0 Å². The number of rotatable bonds is 2. The minimum Gasteiger partial charge on any atom is -0.399 e. The average molecular weight is 206 g/mol. The highest BCUT2D eigenvalue weighted by atomic mass is 16.3. The van der Waals surface area contributed by atoms with E-state index in [-0.39, 0.29) is 6.61 Å². The summed E-state index contributed by atoms with van der Waals surface area (Å²) in [6.45, 7) is 2.97. The Bertz CT molecular complexity index is 338. The summed E-state index contributed by atoms with van der Waals surface area (Å²) in [6, 6.07) is 6.17. The maximum Gasteiger partial charge on any atom is 0.0558 e. The smallest absolute Gasteiger partial charge is 0.0558 e. The summed E-state index contributed by atoms with van der Waals surface area (Å²) in [5, 5.41) is 8.95. The van der Waals surface area contributed by atoms with Crippen LogP contribution >= 0.6 is 0 Å². The number of aliphatic hydroxyl groups excluding tert-OH is 1. The standard InChI is InChI=1S/C12H18N2O/c13-12-4-3-10-2-1-5-14(6-7-15)9-11(10)8-12/h3-4,8,15H,1-2,5-7,9,13H2. The Morgan fingerprint density at radius 2 is 2.20 bits per heavy atom. The SMILES string of the molecule is Nc1ccc2c(c1)CN(CCO)CCC2. The van der Waals surface area contributed by atoms with Crippen LogP contribution in [0.5, 0.6) is 0 Å². The highest BCUT2D eigenvalue weighted by Crippen LogP contribution is 2.20. The van der Waals surface area contributed by atoms with Crippen molar-refractivity contribution in [1.82, 2.24) is 4.90 Å². The van der Waals surface area contributed by atoms with Crippen molar-refractivity contribution in [2.45, 2.75) is 19.4 Å². The van der Waals surface area contributed by atoms with E-state index in [0.717, 1.165) is 38.2 Å². The predicted molar refractivity (Wildman–Crippen MR) is 61.5 cm³/mol. The lowest BCUT2D eigenvalue weighted by Gasteiger charge is -2.18. The average Bonchev–Trinajstić information content (AvgIpc) is 2.39. The van der Waals surface area contributed by atoms with Crippen LogP contribution in [-0.4, -0.2) is 29.7 Å². The molecule has 3 heteroatoms. The second kappa shape index (κ2) is 4.64. The van der Waals surface area contributed by atoms with E-state index in [1.165, 1.54) is 11.1 Å². The minimum absolute atomic E-state index is 0.234. The van der Waals surface area contributed by atoms with Gasteiger partial charge in [0.05, 0.1) is 6.61 Å². The van der Waals surface area contributed by atoms with Gasteiger partial charge in [-0.3, -0.25) is 4.90 Å². The molecule has 1 aliphatic heterocycles. The zero-order valence-electron chi connectivity index (χ0n) is 8.95. The number of nitrogen functional groups attached to an aromatic ring is 1. The number of aliphatic hydroxyl groups is 1. The van der Waals surface area contributed by atoms with E-state index in [1.807, 2.05) is 6.07 Å². The predicted octanol–water partition coefficient (Wildman–Crippen LogP) is 1.01. The summed E-state index contributed by atoms with van der Waals surface area (Å²) in [5.41, 5.74) is 9.34. The molecule has 0 atom stereocenters. The molecule has 0 fully saturated rings. The Kier molecular flexibility index (Phi) is 3.23. The first-order valence-corrected chi connectivity index (χ1v) is 5.50. The van der Waals surface area contributed by atoms with E-state index in [0.29, 0.717) is 0 Å². The third kappa shape index (κ3) is 2.49. The third-order valence-corrected chi connectivity index (χ3v) is 2.96. The first-order chi connectivity index (χ1) is 7.29. The summed E-state index contributed by atoms with van der Waals surface area (Å²) < 4.78 is 0. The molecule has 0 radical (unpaired) electrons. The van der Waals surface area contributed by atoms with Gasteiger partial charge >= 0.3 is 0 Å². The van der Waals surface area contributed by atoms with Crippen LogP contribution < -0.4 is 5.73 Å². The van der Waals surface area contributed by atoms with Crippen LogP contribution in [0.3, 0.4) is 0 Å². The summed E-state index contributed by atoms with van der Waals surface area (Å²) in [5.74, 6) is 0. The number of nitrogens with two attached hydrogens (primary N) is 1. The number of fused-ring (bicyclic) bond motifs is 1. The maximum atomic E-state index is 8.95. The van der Waals surface area contributed by atoms with E-state index in [1.54, 1.807) is 0 Å². The third-order valence-electron chi connectivity index (χ3n) is 2.96. The molecule has 0 amide bonds. The largest absolute Gasteiger partial charge is 0.399 e. The van der Waals surface area contributed by atoms with Crippen LogP contribution in [0.1, 0.15) is 17.5 Å². The zero-order chi connectivity index (χ0) is 10.7. The topological polar surface area (TPSA) is 49.5 Å². The van der Waals surface area contributed by atoms with Crippen molar-refractivity contribution in [3.63, 3.8) is 0 Å². The van der Waals surface area contributed by atoms with E-state index in [2.05, 4.69) is 17.0 Å². The molecule has 0 saturated carbocycles. The van der Waals surface area contributed by atoms with E-state index in [9.17, 15) is 0 Å². The molecular weight excluding hydrogens is 188 g/mol. The molecular formula is C12H18N2O. The molecule has 3 nitrogen and oxygen atoms in total. The van der Waals surface area contributed by atoms with Gasteiger partial charge in [0.1, 0.15) is 0 Å². The van der Waals surface area contributed by atoms with Gasteiger partial charge in [-0.05, 0) is 42.6 Å². The summed E-state index contributed by atoms with van der Waals surface area (Å²) >= 11 is 0. The molecule has 82 valence electrons. The van der Waals surface area contributed by atoms with E-state index < -0.39 is 0 Å². The second-order valence-electron chi connectivity index (χ2n) is 4.13. The van der Waals surface area contributed by atoms with Gasteiger partial charge in [0, 0.05) is 18.8 Å². The molecule has 15 heavy (non-hydrogen) atoms. The van der Waals surface area contributed by atoms with Crippen LogP contribution in [0.4, 0.5) is 5.69 Å². The van der Waals surface area contributed by atoms with Crippen molar-refractivity contribution in [2.24, 2.45) is 0 Å². The van der Waals surface area contributed by atoms with Gasteiger partial charge in [0.2, 0.25) is 0 Å². The second-order valence-corrected chi connectivity index (χ2v) is 4.13. The molecule has 0 bridgehead atoms. The van der Waals surface area contributed by atoms with Crippen molar-refractivity contribution >= 4 is 5.69 Å². The van der Waals surface area contributed by atoms with Gasteiger partial charge in [-0.15, -0.1) is 0 Å². The van der Waals surface area contributed by atoms with Crippen LogP contribution in [0.2, 0.25) is 0 Å². The van der Waals surface area contributed by atoms with Gasteiger partial charge in [-0.25, -0.2) is 0 Å². The Morgan fingerprint density at radius 1 is 1.33 bits per heavy atom. The number of nitrogens with zero attached hydrogens (tertiary/aromatic N) is 1. The van der Waals surface area contributed by atoms with Crippen LogP contribution in [0, 0.1) is 0 Å². The molecule has 0 aliphatic carbocycles. The van der Waals surface area contributed by atoms with Gasteiger partial charge in [0.25, 0.3) is 0 Å². The number of hydrogen-bond donors (Lipinski definition) is 2. The fourth-order valence-electron chi connectivity index (χ4n) is 2.18. The summed E-state index contributed by atoms with van der Waals surface area (Å²) in [7, 11) is 0. The number of benzene rings is 1.